The molecule has 0 bridgehead atoms. The molecule has 0 fully saturated rings. The zero-order valence-electron chi connectivity index (χ0n) is 15.3. The summed E-state index contributed by atoms with van der Waals surface area (Å²) in [4.78, 5) is 0. The minimum atomic E-state index is -3.45. The Balaban J connectivity index is 1.92. The second-order valence-corrected chi connectivity index (χ2v) is 9.18. The van der Waals surface area contributed by atoms with Crippen molar-refractivity contribution in [2.75, 3.05) is 0 Å². The number of benzene rings is 4. The van der Waals surface area contributed by atoms with E-state index < -0.39 is 18.8 Å². The summed E-state index contributed by atoms with van der Waals surface area (Å²) in [5.41, 5.74) is 0. The Morgan fingerprint density at radius 1 is 0.586 bits per heavy atom. The Morgan fingerprint density at radius 3 is 1.62 bits per heavy atom. The van der Waals surface area contributed by atoms with Crippen LogP contribution in [0.5, 0.6) is 11.5 Å². The molecule has 4 aromatic rings. The predicted octanol–water partition coefficient (Wildman–Crippen LogP) is 5.40. The van der Waals surface area contributed by atoms with Gasteiger partial charge in [-0.3, -0.25) is 0 Å². The molecule has 0 unspecified atom stereocenters. The van der Waals surface area contributed by atoms with Crippen molar-refractivity contribution in [3.05, 3.63) is 115 Å². The third kappa shape index (κ3) is 3.85. The van der Waals surface area contributed by atoms with E-state index in [0.717, 1.165) is 0 Å². The first-order chi connectivity index (χ1) is 14.1. The molecule has 0 heterocycles. The molecule has 0 amide bonds. The van der Waals surface area contributed by atoms with Crippen molar-refractivity contribution in [1.29, 1.82) is 0 Å². The van der Waals surface area contributed by atoms with E-state index in [1.165, 1.54) is 48.5 Å². The van der Waals surface area contributed by atoms with Gasteiger partial charge in [0.05, 0.1) is 5.30 Å². The van der Waals surface area contributed by atoms with E-state index in [4.69, 9.17) is 4.74 Å². The van der Waals surface area contributed by atoms with E-state index in [1.807, 2.05) is 18.2 Å². The highest BCUT2D eigenvalue weighted by molar-refractivity contribution is 7.85. The molecular weight excluding hydrogens is 389 g/mol. The smallest absolute Gasteiger partial charge is 0.174 e. The minimum absolute atomic E-state index is 0.423. The summed E-state index contributed by atoms with van der Waals surface area (Å²) in [6.07, 6.45) is 0. The SMILES string of the molecule is O=P(c1ccc(F)cc1)(c1ccc(F)cc1)c1ccccc1Oc1ccccc1. The molecule has 5 heteroatoms. The average molecular weight is 406 g/mol. The molecule has 4 aromatic carbocycles. The molecular formula is C24H17F2O2P. The normalized spacial score (nSPS) is 11.2. The lowest BCUT2D eigenvalue weighted by Crippen LogP contribution is -2.26. The molecule has 0 N–H and O–H groups in total. The van der Waals surface area contributed by atoms with E-state index in [0.29, 0.717) is 27.4 Å². The summed E-state index contributed by atoms with van der Waals surface area (Å²) in [6, 6.07) is 27.3. The highest BCUT2D eigenvalue weighted by atomic mass is 31.2. The summed E-state index contributed by atoms with van der Waals surface area (Å²) >= 11 is 0. The molecule has 0 spiro atoms. The number of rotatable bonds is 5. The quantitative estimate of drug-likeness (QED) is 0.415. The molecule has 144 valence electrons. The van der Waals surface area contributed by atoms with Crippen LogP contribution in [0.15, 0.2) is 103 Å². The first kappa shape index (κ1) is 19.1. The van der Waals surface area contributed by atoms with Crippen molar-refractivity contribution in [2.24, 2.45) is 0 Å². The summed E-state index contributed by atoms with van der Waals surface area (Å²) < 4.78 is 47.6. The standard InChI is InChI=1S/C24H17F2O2P/c25-18-10-14-21(15-11-18)29(27,22-16-12-19(26)13-17-22)24-9-5-4-8-23(24)28-20-6-2-1-3-7-20/h1-17H. The van der Waals surface area contributed by atoms with Gasteiger partial charge in [0.2, 0.25) is 0 Å². The van der Waals surface area contributed by atoms with Crippen LogP contribution >= 0.6 is 7.14 Å². The molecule has 0 aliphatic heterocycles. The van der Waals surface area contributed by atoms with Crippen LogP contribution in [0.1, 0.15) is 0 Å². The van der Waals surface area contributed by atoms with Crippen LogP contribution < -0.4 is 20.7 Å². The van der Waals surface area contributed by atoms with Crippen molar-refractivity contribution in [3.8, 4) is 11.5 Å². The zero-order chi connectivity index (χ0) is 20.3. The van der Waals surface area contributed by atoms with Crippen molar-refractivity contribution < 1.29 is 18.1 Å². The lowest BCUT2D eigenvalue weighted by molar-refractivity contribution is 0.486. The van der Waals surface area contributed by atoms with Crippen LogP contribution in [0.4, 0.5) is 8.78 Å². The Bertz CT molecular complexity index is 1110. The Labute approximate surface area is 167 Å². The first-order valence-electron chi connectivity index (χ1n) is 9.02. The van der Waals surface area contributed by atoms with Gasteiger partial charge in [-0.2, -0.15) is 0 Å². The summed E-state index contributed by atoms with van der Waals surface area (Å²) in [7, 11) is -3.45. The monoisotopic (exact) mass is 406 g/mol. The maximum Gasteiger partial charge on any atom is 0.174 e. The summed E-state index contributed by atoms with van der Waals surface area (Å²) in [5, 5.41) is 1.34. The largest absolute Gasteiger partial charge is 0.457 e. The predicted molar refractivity (Wildman–Crippen MR) is 112 cm³/mol. The average Bonchev–Trinajstić information content (AvgIpc) is 2.75. The summed E-state index contributed by atoms with van der Waals surface area (Å²) in [5.74, 6) is 0.182. The van der Waals surface area contributed by atoms with Crippen LogP contribution in [0.3, 0.4) is 0 Å². The Hall–Kier alpha value is -3.23. The first-order valence-corrected chi connectivity index (χ1v) is 10.7. The van der Waals surface area contributed by atoms with Gasteiger partial charge in [0.15, 0.2) is 7.14 Å². The van der Waals surface area contributed by atoms with E-state index in [1.54, 1.807) is 36.4 Å². The second-order valence-electron chi connectivity index (χ2n) is 6.44. The molecule has 29 heavy (non-hydrogen) atoms. The number of ether oxygens (including phenoxy) is 1. The minimum Gasteiger partial charge on any atom is -0.457 e. The number of hydrogen-bond acceptors (Lipinski definition) is 2. The van der Waals surface area contributed by atoms with E-state index in [-0.39, 0.29) is 0 Å². The van der Waals surface area contributed by atoms with E-state index in [2.05, 4.69) is 0 Å². The topological polar surface area (TPSA) is 26.3 Å². The van der Waals surface area contributed by atoms with Gasteiger partial charge in [-0.1, -0.05) is 30.3 Å². The van der Waals surface area contributed by atoms with Crippen LogP contribution in [-0.4, -0.2) is 0 Å². The van der Waals surface area contributed by atoms with Gasteiger partial charge in [0, 0.05) is 10.6 Å². The van der Waals surface area contributed by atoms with Gasteiger partial charge in [0.25, 0.3) is 0 Å². The van der Waals surface area contributed by atoms with Gasteiger partial charge >= 0.3 is 0 Å². The lowest BCUT2D eigenvalue weighted by atomic mass is 10.3. The summed E-state index contributed by atoms with van der Waals surface area (Å²) in [6.45, 7) is 0. The van der Waals surface area contributed by atoms with Crippen LogP contribution in [0, 0.1) is 11.6 Å². The fourth-order valence-electron chi connectivity index (χ4n) is 3.15. The third-order valence-corrected chi connectivity index (χ3v) is 7.65. The number of hydrogen-bond donors (Lipinski definition) is 0. The van der Waals surface area contributed by atoms with Gasteiger partial charge in [-0.25, -0.2) is 8.78 Å². The molecule has 0 saturated carbocycles. The number of halogens is 2. The Kier molecular flexibility index (Phi) is 5.28. The van der Waals surface area contributed by atoms with Crippen LogP contribution in [0.25, 0.3) is 0 Å². The molecule has 0 aliphatic carbocycles. The molecule has 0 aliphatic rings. The molecule has 2 nitrogen and oxygen atoms in total. The van der Waals surface area contributed by atoms with Crippen molar-refractivity contribution in [3.63, 3.8) is 0 Å². The molecule has 0 aromatic heterocycles. The van der Waals surface area contributed by atoms with Gasteiger partial charge in [-0.05, 0) is 72.8 Å². The maximum atomic E-state index is 14.5. The highest BCUT2D eigenvalue weighted by Gasteiger charge is 2.33. The van der Waals surface area contributed by atoms with Gasteiger partial charge in [-0.15, -0.1) is 0 Å². The van der Waals surface area contributed by atoms with Gasteiger partial charge in [0.1, 0.15) is 23.1 Å². The van der Waals surface area contributed by atoms with Crippen molar-refractivity contribution in [2.45, 2.75) is 0 Å². The number of para-hydroxylation sites is 2. The van der Waals surface area contributed by atoms with Crippen LogP contribution in [0.2, 0.25) is 0 Å². The fraction of sp³-hybridized carbons (Fsp3) is 0. The Morgan fingerprint density at radius 2 is 1.07 bits per heavy atom. The highest BCUT2D eigenvalue weighted by Crippen LogP contribution is 2.45. The molecule has 0 saturated heterocycles. The van der Waals surface area contributed by atoms with E-state index >= 15 is 0 Å². The fourth-order valence-corrected chi connectivity index (χ4v) is 5.87. The second kappa shape index (κ2) is 8.02. The molecule has 4 rings (SSSR count). The molecule has 0 radical (unpaired) electrons. The third-order valence-electron chi connectivity index (χ3n) is 4.56. The maximum absolute atomic E-state index is 14.5. The van der Waals surface area contributed by atoms with E-state index in [9.17, 15) is 13.3 Å². The van der Waals surface area contributed by atoms with Crippen LogP contribution in [-0.2, 0) is 4.57 Å². The van der Waals surface area contributed by atoms with Crippen molar-refractivity contribution >= 4 is 23.1 Å². The van der Waals surface area contributed by atoms with Gasteiger partial charge < -0.3 is 9.30 Å². The lowest BCUT2D eigenvalue weighted by Gasteiger charge is -2.22. The zero-order valence-corrected chi connectivity index (χ0v) is 16.2. The van der Waals surface area contributed by atoms with Crippen molar-refractivity contribution in [1.82, 2.24) is 0 Å². The molecule has 0 atom stereocenters.